The van der Waals surface area contributed by atoms with Crippen molar-refractivity contribution in [2.45, 2.75) is 4.90 Å². The topological polar surface area (TPSA) is 63.2 Å². The van der Waals surface area contributed by atoms with Crippen molar-refractivity contribution in [3.63, 3.8) is 0 Å². The van der Waals surface area contributed by atoms with E-state index in [1.807, 2.05) is 0 Å². The second-order valence-electron chi connectivity index (χ2n) is 2.82. The summed E-state index contributed by atoms with van der Waals surface area (Å²) in [4.78, 5) is 11.0. The van der Waals surface area contributed by atoms with Gasteiger partial charge in [-0.25, -0.2) is 8.42 Å². The van der Waals surface area contributed by atoms with Crippen LogP contribution < -0.4 is 5.32 Å². The van der Waals surface area contributed by atoms with E-state index in [0.717, 1.165) is 6.08 Å². The molecule has 0 aliphatic carbocycles. The Kier molecular flexibility index (Phi) is 3.62. The van der Waals surface area contributed by atoms with Crippen molar-refractivity contribution in [1.82, 2.24) is 5.32 Å². The minimum absolute atomic E-state index is 0.189. The first-order valence-corrected chi connectivity index (χ1v) is 5.89. The van der Waals surface area contributed by atoms with Crippen LogP contribution in [0.1, 0.15) is 0 Å². The van der Waals surface area contributed by atoms with Gasteiger partial charge in [0.05, 0.1) is 4.90 Å². The number of rotatable bonds is 4. The summed E-state index contributed by atoms with van der Waals surface area (Å²) < 4.78 is 23.2. The van der Waals surface area contributed by atoms with Crippen LogP contribution in [0.5, 0.6) is 0 Å². The summed E-state index contributed by atoms with van der Waals surface area (Å²) in [5.41, 5.74) is 0. The number of nitrogens with one attached hydrogen (secondary N) is 1. The van der Waals surface area contributed by atoms with Crippen molar-refractivity contribution in [2.24, 2.45) is 0 Å². The third kappa shape index (κ3) is 3.21. The van der Waals surface area contributed by atoms with Crippen LogP contribution in [0.15, 0.2) is 47.9 Å². The molecule has 0 heterocycles. The summed E-state index contributed by atoms with van der Waals surface area (Å²) >= 11 is 0. The van der Waals surface area contributed by atoms with Crippen LogP contribution in [0.4, 0.5) is 0 Å². The van der Waals surface area contributed by atoms with Crippen LogP contribution in [0, 0.1) is 0 Å². The third-order valence-electron chi connectivity index (χ3n) is 1.72. The standard InChI is InChI=1S/C10H11NO3S/c1-2-10(12)11-8-15(13,14)9-6-4-3-5-7-9/h2-7H,1,8H2,(H,11,12). The molecule has 0 radical (unpaired) electrons. The largest absolute Gasteiger partial charge is 0.338 e. The second-order valence-corrected chi connectivity index (χ2v) is 4.81. The fourth-order valence-electron chi connectivity index (χ4n) is 0.949. The first-order valence-electron chi connectivity index (χ1n) is 4.24. The SMILES string of the molecule is C=CC(=O)NCS(=O)(=O)c1ccccc1. The molecule has 1 rings (SSSR count). The number of sulfone groups is 1. The molecule has 1 aromatic carbocycles. The Morgan fingerprint density at radius 3 is 2.47 bits per heavy atom. The molecule has 0 bridgehead atoms. The molecule has 0 aliphatic rings. The third-order valence-corrected chi connectivity index (χ3v) is 3.24. The summed E-state index contributed by atoms with van der Waals surface area (Å²) in [7, 11) is -3.45. The van der Waals surface area contributed by atoms with E-state index in [9.17, 15) is 13.2 Å². The van der Waals surface area contributed by atoms with Gasteiger partial charge in [0.2, 0.25) is 5.91 Å². The van der Waals surface area contributed by atoms with Crippen LogP contribution in [0.25, 0.3) is 0 Å². The summed E-state index contributed by atoms with van der Waals surface area (Å²) in [6.45, 7) is 3.23. The lowest BCUT2D eigenvalue weighted by Gasteiger charge is -2.04. The van der Waals surface area contributed by atoms with Crippen molar-refractivity contribution in [2.75, 3.05) is 5.88 Å². The average molecular weight is 225 g/mol. The Morgan fingerprint density at radius 2 is 1.93 bits per heavy atom. The highest BCUT2D eigenvalue weighted by atomic mass is 32.2. The van der Waals surface area contributed by atoms with Gasteiger partial charge in [0.1, 0.15) is 5.88 Å². The van der Waals surface area contributed by atoms with Crippen LogP contribution in [0.3, 0.4) is 0 Å². The lowest BCUT2D eigenvalue weighted by molar-refractivity contribution is -0.116. The van der Waals surface area contributed by atoms with Gasteiger partial charge in [0, 0.05) is 0 Å². The predicted octanol–water partition coefficient (Wildman–Crippen LogP) is 0.720. The molecule has 0 atom stereocenters. The molecule has 4 nitrogen and oxygen atoms in total. The Labute approximate surface area is 88.5 Å². The molecule has 1 aromatic rings. The van der Waals surface area contributed by atoms with Crippen molar-refractivity contribution in [3.05, 3.63) is 43.0 Å². The van der Waals surface area contributed by atoms with E-state index in [-0.39, 0.29) is 4.90 Å². The Hall–Kier alpha value is -1.62. The molecule has 0 aliphatic heterocycles. The predicted molar refractivity (Wildman–Crippen MR) is 56.8 cm³/mol. The van der Waals surface area contributed by atoms with Crippen molar-refractivity contribution in [3.8, 4) is 0 Å². The Morgan fingerprint density at radius 1 is 1.33 bits per heavy atom. The Balaban J connectivity index is 2.77. The number of amides is 1. The number of hydrogen-bond donors (Lipinski definition) is 1. The highest BCUT2D eigenvalue weighted by Gasteiger charge is 2.13. The maximum absolute atomic E-state index is 11.6. The lowest BCUT2D eigenvalue weighted by Crippen LogP contribution is -2.27. The van der Waals surface area contributed by atoms with Gasteiger partial charge in [-0.15, -0.1) is 0 Å². The molecule has 0 unspecified atom stereocenters. The van der Waals surface area contributed by atoms with Gasteiger partial charge in [-0.3, -0.25) is 4.79 Å². The number of benzene rings is 1. The maximum Gasteiger partial charge on any atom is 0.244 e. The van der Waals surface area contributed by atoms with Crippen LogP contribution in [0.2, 0.25) is 0 Å². The number of carbonyl (C=O) groups is 1. The monoisotopic (exact) mass is 225 g/mol. The van der Waals surface area contributed by atoms with E-state index in [4.69, 9.17) is 0 Å². The van der Waals surface area contributed by atoms with Gasteiger partial charge in [0.25, 0.3) is 0 Å². The van der Waals surface area contributed by atoms with E-state index in [2.05, 4.69) is 11.9 Å². The summed E-state index contributed by atoms with van der Waals surface area (Å²) in [5, 5.41) is 2.23. The van der Waals surface area contributed by atoms with Crippen molar-refractivity contribution < 1.29 is 13.2 Å². The molecule has 5 heteroatoms. The molecular formula is C10H11NO3S. The van der Waals surface area contributed by atoms with Crippen LogP contribution >= 0.6 is 0 Å². The quantitative estimate of drug-likeness (QED) is 0.768. The summed E-state index contributed by atoms with van der Waals surface area (Å²) in [5.74, 6) is -0.920. The minimum atomic E-state index is -3.45. The molecule has 15 heavy (non-hydrogen) atoms. The molecule has 1 amide bonds. The normalized spacial score (nSPS) is 10.7. The minimum Gasteiger partial charge on any atom is -0.338 e. The highest BCUT2D eigenvalue weighted by molar-refractivity contribution is 7.91. The Bertz CT molecular complexity index is 451. The molecular weight excluding hydrogens is 214 g/mol. The van der Waals surface area contributed by atoms with E-state index in [1.165, 1.54) is 12.1 Å². The van der Waals surface area contributed by atoms with Crippen molar-refractivity contribution >= 4 is 15.7 Å². The maximum atomic E-state index is 11.6. The van der Waals surface area contributed by atoms with Gasteiger partial charge < -0.3 is 5.32 Å². The van der Waals surface area contributed by atoms with E-state index in [0.29, 0.717) is 0 Å². The van der Waals surface area contributed by atoms with Gasteiger partial charge in [0.15, 0.2) is 9.84 Å². The molecule has 0 spiro atoms. The van der Waals surface area contributed by atoms with Gasteiger partial charge in [-0.1, -0.05) is 24.8 Å². The van der Waals surface area contributed by atoms with Crippen LogP contribution in [-0.4, -0.2) is 20.2 Å². The number of carbonyl (C=O) groups excluding carboxylic acids is 1. The first-order chi connectivity index (χ1) is 7.06. The molecule has 0 saturated carbocycles. The smallest absolute Gasteiger partial charge is 0.244 e. The van der Waals surface area contributed by atoms with Gasteiger partial charge in [-0.05, 0) is 18.2 Å². The van der Waals surface area contributed by atoms with Gasteiger partial charge in [-0.2, -0.15) is 0 Å². The zero-order chi connectivity index (χ0) is 11.3. The summed E-state index contributed by atoms with van der Waals surface area (Å²) in [6, 6.07) is 7.94. The fourth-order valence-corrected chi connectivity index (χ4v) is 2.02. The zero-order valence-corrected chi connectivity index (χ0v) is 8.83. The first kappa shape index (κ1) is 11.5. The molecule has 80 valence electrons. The molecule has 0 saturated heterocycles. The molecule has 0 aromatic heterocycles. The fraction of sp³-hybridized carbons (Fsp3) is 0.100. The van der Waals surface area contributed by atoms with E-state index in [1.54, 1.807) is 18.2 Å². The zero-order valence-electron chi connectivity index (χ0n) is 8.01. The second kappa shape index (κ2) is 4.75. The van der Waals surface area contributed by atoms with Crippen molar-refractivity contribution in [1.29, 1.82) is 0 Å². The average Bonchev–Trinajstić information content (AvgIpc) is 2.27. The van der Waals surface area contributed by atoms with Crippen LogP contribution in [-0.2, 0) is 14.6 Å². The number of hydrogen-bond acceptors (Lipinski definition) is 3. The summed E-state index contributed by atoms with van der Waals surface area (Å²) in [6.07, 6.45) is 1.03. The van der Waals surface area contributed by atoms with Gasteiger partial charge >= 0.3 is 0 Å². The molecule has 1 N–H and O–H groups in total. The highest BCUT2D eigenvalue weighted by Crippen LogP contribution is 2.08. The van der Waals surface area contributed by atoms with E-state index < -0.39 is 21.6 Å². The lowest BCUT2D eigenvalue weighted by atomic mass is 10.4. The molecule has 0 fully saturated rings. The van der Waals surface area contributed by atoms with E-state index >= 15 is 0 Å².